The number of aryl methyl sites for hydroxylation is 1. The van der Waals surface area contributed by atoms with Gasteiger partial charge in [0, 0.05) is 36.3 Å². The summed E-state index contributed by atoms with van der Waals surface area (Å²) in [4.78, 5) is 24.8. The quantitative estimate of drug-likeness (QED) is 0.662. The van der Waals surface area contributed by atoms with Crippen LogP contribution in [0.3, 0.4) is 0 Å². The van der Waals surface area contributed by atoms with Crippen molar-refractivity contribution in [1.29, 1.82) is 0 Å². The van der Waals surface area contributed by atoms with Crippen molar-refractivity contribution in [3.8, 4) is 0 Å². The molecule has 2 aromatic rings. The molecular weight excluding hydrogens is 426 g/mol. The van der Waals surface area contributed by atoms with Crippen LogP contribution in [0.25, 0.3) is 0 Å². The predicted molar refractivity (Wildman–Crippen MR) is 127 cm³/mol. The van der Waals surface area contributed by atoms with Gasteiger partial charge in [-0.2, -0.15) is 0 Å². The summed E-state index contributed by atoms with van der Waals surface area (Å²) in [5, 5.41) is 5.80. The molecule has 0 atom stereocenters. The molecule has 32 heavy (non-hydrogen) atoms. The van der Waals surface area contributed by atoms with E-state index in [0.29, 0.717) is 37.3 Å². The molecule has 0 unspecified atom stereocenters. The average molecular weight is 458 g/mol. The van der Waals surface area contributed by atoms with Crippen LogP contribution in [0.2, 0.25) is 0 Å². The third-order valence-electron chi connectivity index (χ3n) is 5.70. The zero-order chi connectivity index (χ0) is 23.3. The molecule has 172 valence electrons. The topological polar surface area (TPSA) is 95.6 Å². The highest BCUT2D eigenvalue weighted by Crippen LogP contribution is 2.25. The Bertz CT molecular complexity index is 1060. The summed E-state index contributed by atoms with van der Waals surface area (Å²) >= 11 is 0. The van der Waals surface area contributed by atoms with E-state index < -0.39 is 10.0 Å². The predicted octanol–water partition coefficient (Wildman–Crippen LogP) is 3.77. The fourth-order valence-electron chi connectivity index (χ4n) is 3.63. The first-order chi connectivity index (χ1) is 15.2. The van der Waals surface area contributed by atoms with E-state index in [0.717, 1.165) is 11.1 Å². The van der Waals surface area contributed by atoms with Gasteiger partial charge in [-0.3, -0.25) is 9.59 Å². The molecule has 0 aliphatic carbocycles. The van der Waals surface area contributed by atoms with Gasteiger partial charge in [-0.15, -0.1) is 0 Å². The Morgan fingerprint density at radius 1 is 1.03 bits per heavy atom. The number of piperidine rings is 1. The van der Waals surface area contributed by atoms with Gasteiger partial charge in [0.1, 0.15) is 0 Å². The van der Waals surface area contributed by atoms with Gasteiger partial charge in [-0.1, -0.05) is 50.2 Å². The number of hydrogen-bond acceptors (Lipinski definition) is 4. The summed E-state index contributed by atoms with van der Waals surface area (Å²) in [6.07, 6.45) is 0.950. The van der Waals surface area contributed by atoms with E-state index >= 15 is 0 Å². The number of anilines is 2. The second-order valence-corrected chi connectivity index (χ2v) is 10.5. The molecule has 3 rings (SSSR count). The van der Waals surface area contributed by atoms with Crippen LogP contribution in [0.1, 0.15) is 37.8 Å². The minimum Gasteiger partial charge on any atom is -0.326 e. The van der Waals surface area contributed by atoms with Gasteiger partial charge in [-0.25, -0.2) is 12.7 Å². The number of nitrogens with zero attached hydrogens (tertiary/aromatic N) is 1. The van der Waals surface area contributed by atoms with Crippen molar-refractivity contribution < 1.29 is 18.0 Å². The van der Waals surface area contributed by atoms with Gasteiger partial charge in [0.05, 0.1) is 5.75 Å². The molecule has 2 aromatic carbocycles. The summed E-state index contributed by atoms with van der Waals surface area (Å²) in [7, 11) is -3.41. The average Bonchev–Trinajstić information content (AvgIpc) is 2.76. The molecule has 0 bridgehead atoms. The lowest BCUT2D eigenvalue weighted by Gasteiger charge is -2.30. The van der Waals surface area contributed by atoms with Crippen molar-refractivity contribution in [2.45, 2.75) is 39.4 Å². The largest absolute Gasteiger partial charge is 0.326 e. The number of benzene rings is 2. The zero-order valence-electron chi connectivity index (χ0n) is 18.8. The minimum atomic E-state index is -3.41. The van der Waals surface area contributed by atoms with Gasteiger partial charge < -0.3 is 10.6 Å². The number of amides is 2. The second-order valence-electron chi connectivity index (χ2n) is 8.58. The highest BCUT2D eigenvalue weighted by Gasteiger charge is 2.31. The summed E-state index contributed by atoms with van der Waals surface area (Å²) in [6.45, 7) is 6.19. The Morgan fingerprint density at radius 3 is 2.31 bits per heavy atom. The smallest absolute Gasteiger partial charge is 0.227 e. The van der Waals surface area contributed by atoms with E-state index in [1.807, 2.05) is 45.0 Å². The highest BCUT2D eigenvalue weighted by atomic mass is 32.2. The highest BCUT2D eigenvalue weighted by molar-refractivity contribution is 7.88. The lowest BCUT2D eigenvalue weighted by molar-refractivity contribution is -0.121. The maximum atomic E-state index is 12.8. The number of sulfonamides is 1. The van der Waals surface area contributed by atoms with Crippen molar-refractivity contribution in [1.82, 2.24) is 4.31 Å². The van der Waals surface area contributed by atoms with Crippen molar-refractivity contribution in [3.05, 3.63) is 59.7 Å². The van der Waals surface area contributed by atoms with E-state index in [4.69, 9.17) is 0 Å². The SMILES string of the molecule is Cc1ccc(NC(=O)C(C)C)cc1NC(=O)C1CCN(S(=O)(=O)Cc2ccccc2)CC1. The molecule has 1 fully saturated rings. The van der Waals surface area contributed by atoms with Gasteiger partial charge in [0.25, 0.3) is 0 Å². The van der Waals surface area contributed by atoms with E-state index in [9.17, 15) is 18.0 Å². The third-order valence-corrected chi connectivity index (χ3v) is 7.55. The maximum absolute atomic E-state index is 12.8. The molecule has 0 radical (unpaired) electrons. The summed E-state index contributed by atoms with van der Waals surface area (Å²) in [5.41, 5.74) is 2.93. The lowest BCUT2D eigenvalue weighted by Crippen LogP contribution is -2.41. The van der Waals surface area contributed by atoms with Crippen LogP contribution in [0.5, 0.6) is 0 Å². The van der Waals surface area contributed by atoms with Gasteiger partial charge in [0.2, 0.25) is 21.8 Å². The van der Waals surface area contributed by atoms with Gasteiger partial charge in [-0.05, 0) is 43.0 Å². The Labute approximate surface area is 190 Å². The monoisotopic (exact) mass is 457 g/mol. The molecular formula is C24H31N3O4S. The van der Waals surface area contributed by atoms with Crippen molar-refractivity contribution >= 4 is 33.2 Å². The van der Waals surface area contributed by atoms with E-state index in [1.165, 1.54) is 4.31 Å². The number of hydrogen-bond donors (Lipinski definition) is 2. The molecule has 7 nitrogen and oxygen atoms in total. The zero-order valence-corrected chi connectivity index (χ0v) is 19.6. The summed E-state index contributed by atoms with van der Waals surface area (Å²) < 4.78 is 26.9. The van der Waals surface area contributed by atoms with Crippen molar-refractivity contribution in [2.24, 2.45) is 11.8 Å². The van der Waals surface area contributed by atoms with Crippen molar-refractivity contribution in [3.63, 3.8) is 0 Å². The number of carbonyl (C=O) groups is 2. The van der Waals surface area contributed by atoms with Crippen LogP contribution >= 0.6 is 0 Å². The first-order valence-corrected chi connectivity index (χ1v) is 12.5. The Hall–Kier alpha value is -2.71. The summed E-state index contributed by atoms with van der Waals surface area (Å²) in [6, 6.07) is 14.5. The minimum absolute atomic E-state index is 0.0290. The van der Waals surface area contributed by atoms with Crippen molar-refractivity contribution in [2.75, 3.05) is 23.7 Å². The molecule has 1 saturated heterocycles. The van der Waals surface area contributed by atoms with Gasteiger partial charge in [0.15, 0.2) is 0 Å². The Kier molecular flexibility index (Phi) is 7.69. The van der Waals surface area contributed by atoms with E-state index in [1.54, 1.807) is 24.3 Å². The summed E-state index contributed by atoms with van der Waals surface area (Å²) in [5.74, 6) is -0.640. The van der Waals surface area contributed by atoms with Crippen LogP contribution in [0.15, 0.2) is 48.5 Å². The first-order valence-electron chi connectivity index (χ1n) is 10.9. The molecule has 0 spiro atoms. The number of rotatable bonds is 7. The van der Waals surface area contributed by atoms with Crippen LogP contribution < -0.4 is 10.6 Å². The third kappa shape index (κ3) is 6.17. The Balaban J connectivity index is 1.58. The fourth-order valence-corrected chi connectivity index (χ4v) is 5.19. The standard InChI is InChI=1S/C24H31N3O4S/c1-17(2)23(28)25-21-10-9-18(3)22(15-21)26-24(29)20-11-13-27(14-12-20)32(30,31)16-19-7-5-4-6-8-19/h4-10,15,17,20H,11-14,16H2,1-3H3,(H,25,28)(H,26,29). The molecule has 0 saturated carbocycles. The molecule has 2 N–H and O–H groups in total. The normalized spacial score (nSPS) is 15.5. The lowest BCUT2D eigenvalue weighted by atomic mass is 9.97. The molecule has 1 aliphatic rings. The molecule has 1 aliphatic heterocycles. The van der Waals surface area contributed by atoms with E-state index in [-0.39, 0.29) is 29.4 Å². The molecule has 2 amide bonds. The van der Waals surface area contributed by atoms with Crippen LogP contribution in [0, 0.1) is 18.8 Å². The fraction of sp³-hybridized carbons (Fsp3) is 0.417. The molecule has 1 heterocycles. The van der Waals surface area contributed by atoms with Gasteiger partial charge >= 0.3 is 0 Å². The molecule has 8 heteroatoms. The molecule has 0 aromatic heterocycles. The van der Waals surface area contributed by atoms with E-state index in [2.05, 4.69) is 10.6 Å². The number of nitrogens with one attached hydrogen (secondary N) is 2. The van der Waals surface area contributed by atoms with Crippen LogP contribution in [-0.2, 0) is 25.4 Å². The maximum Gasteiger partial charge on any atom is 0.227 e. The first kappa shape index (κ1) is 23.9. The Morgan fingerprint density at radius 2 is 1.69 bits per heavy atom. The van der Waals surface area contributed by atoms with Crippen LogP contribution in [-0.4, -0.2) is 37.6 Å². The number of carbonyl (C=O) groups excluding carboxylic acids is 2. The second kappa shape index (κ2) is 10.3. The van der Waals surface area contributed by atoms with Crippen LogP contribution in [0.4, 0.5) is 11.4 Å².